The number of nitrogens with one attached hydrogen (secondary N) is 2. The standard InChI is InChI=1S/C11H11F3N2O/c12-8-3-7(4-9(13)10(8)14)16-11(17)6-1-2-15-5-6/h3-4,6,15H,1-2,5H2,(H,16,17). The highest BCUT2D eigenvalue weighted by Gasteiger charge is 2.23. The van der Waals surface area contributed by atoms with Gasteiger partial charge in [0.2, 0.25) is 5.91 Å². The third-order valence-corrected chi connectivity index (χ3v) is 2.68. The second-order valence-corrected chi connectivity index (χ2v) is 3.93. The van der Waals surface area contributed by atoms with Crippen molar-refractivity contribution in [2.45, 2.75) is 6.42 Å². The van der Waals surface area contributed by atoms with Crippen molar-refractivity contribution in [1.29, 1.82) is 0 Å². The summed E-state index contributed by atoms with van der Waals surface area (Å²) in [5.41, 5.74) is -0.0710. The predicted molar refractivity (Wildman–Crippen MR) is 55.9 cm³/mol. The highest BCUT2D eigenvalue weighted by atomic mass is 19.2. The summed E-state index contributed by atoms with van der Waals surface area (Å²) in [7, 11) is 0. The molecule has 0 saturated carbocycles. The summed E-state index contributed by atoms with van der Waals surface area (Å²) < 4.78 is 38.5. The topological polar surface area (TPSA) is 41.1 Å². The van der Waals surface area contributed by atoms with Crippen molar-refractivity contribution in [3.05, 3.63) is 29.6 Å². The fourth-order valence-electron chi connectivity index (χ4n) is 1.75. The summed E-state index contributed by atoms with van der Waals surface area (Å²) in [6.07, 6.45) is 0.679. The monoisotopic (exact) mass is 244 g/mol. The van der Waals surface area contributed by atoms with Crippen LogP contribution in [0.15, 0.2) is 12.1 Å². The van der Waals surface area contributed by atoms with Gasteiger partial charge >= 0.3 is 0 Å². The van der Waals surface area contributed by atoms with Gasteiger partial charge in [-0.3, -0.25) is 4.79 Å². The summed E-state index contributed by atoms with van der Waals surface area (Å²) >= 11 is 0. The van der Waals surface area contributed by atoms with E-state index in [-0.39, 0.29) is 17.5 Å². The van der Waals surface area contributed by atoms with Crippen molar-refractivity contribution in [3.8, 4) is 0 Å². The van der Waals surface area contributed by atoms with Gasteiger partial charge in [-0.1, -0.05) is 0 Å². The van der Waals surface area contributed by atoms with Gasteiger partial charge in [0.1, 0.15) is 0 Å². The molecule has 3 nitrogen and oxygen atoms in total. The maximum Gasteiger partial charge on any atom is 0.228 e. The van der Waals surface area contributed by atoms with Gasteiger partial charge in [-0.15, -0.1) is 0 Å². The van der Waals surface area contributed by atoms with Crippen LogP contribution in [0.25, 0.3) is 0 Å². The minimum Gasteiger partial charge on any atom is -0.326 e. The van der Waals surface area contributed by atoms with E-state index >= 15 is 0 Å². The zero-order chi connectivity index (χ0) is 12.4. The van der Waals surface area contributed by atoms with Gasteiger partial charge < -0.3 is 10.6 Å². The smallest absolute Gasteiger partial charge is 0.228 e. The lowest BCUT2D eigenvalue weighted by molar-refractivity contribution is -0.119. The zero-order valence-electron chi connectivity index (χ0n) is 8.90. The van der Waals surface area contributed by atoms with Gasteiger partial charge in [0.05, 0.1) is 5.92 Å². The maximum absolute atomic E-state index is 12.9. The van der Waals surface area contributed by atoms with Crippen LogP contribution in [-0.4, -0.2) is 19.0 Å². The van der Waals surface area contributed by atoms with E-state index in [0.717, 1.165) is 18.7 Å². The lowest BCUT2D eigenvalue weighted by Gasteiger charge is -2.10. The second-order valence-electron chi connectivity index (χ2n) is 3.93. The van der Waals surface area contributed by atoms with Crippen molar-refractivity contribution in [1.82, 2.24) is 5.32 Å². The molecule has 0 aromatic heterocycles. The summed E-state index contributed by atoms with van der Waals surface area (Å²) in [4.78, 5) is 11.6. The highest BCUT2D eigenvalue weighted by molar-refractivity contribution is 5.92. The molecule has 0 radical (unpaired) electrons. The van der Waals surface area contributed by atoms with E-state index in [4.69, 9.17) is 0 Å². The van der Waals surface area contributed by atoms with Crippen LogP contribution in [0.2, 0.25) is 0 Å². The summed E-state index contributed by atoms with van der Waals surface area (Å²) in [5, 5.41) is 5.37. The lowest BCUT2D eigenvalue weighted by Crippen LogP contribution is -2.24. The quantitative estimate of drug-likeness (QED) is 0.777. The number of halogens is 3. The molecule has 1 aliphatic heterocycles. The average Bonchev–Trinajstić information content (AvgIpc) is 2.79. The van der Waals surface area contributed by atoms with Gasteiger partial charge in [0.25, 0.3) is 0 Å². The van der Waals surface area contributed by atoms with Crippen molar-refractivity contribution < 1.29 is 18.0 Å². The SMILES string of the molecule is O=C(Nc1cc(F)c(F)c(F)c1)C1CCNC1. The van der Waals surface area contributed by atoms with Gasteiger partial charge in [0.15, 0.2) is 17.5 Å². The number of carbonyl (C=O) groups excluding carboxylic acids is 1. The molecule has 6 heteroatoms. The fraction of sp³-hybridized carbons (Fsp3) is 0.364. The van der Waals surface area contributed by atoms with E-state index in [1.165, 1.54) is 0 Å². The van der Waals surface area contributed by atoms with Crippen LogP contribution in [0.5, 0.6) is 0 Å². The van der Waals surface area contributed by atoms with Crippen LogP contribution in [0, 0.1) is 23.4 Å². The molecule has 0 bridgehead atoms. The predicted octanol–water partition coefficient (Wildman–Crippen LogP) is 1.65. The molecule has 1 unspecified atom stereocenters. The fourth-order valence-corrected chi connectivity index (χ4v) is 1.75. The molecule has 1 aromatic carbocycles. The normalized spacial score (nSPS) is 19.4. The van der Waals surface area contributed by atoms with Crippen LogP contribution in [0.1, 0.15) is 6.42 Å². The number of hydrogen-bond donors (Lipinski definition) is 2. The Labute approximate surface area is 96.0 Å². The second kappa shape index (κ2) is 4.75. The Morgan fingerprint density at radius 1 is 1.29 bits per heavy atom. The zero-order valence-corrected chi connectivity index (χ0v) is 8.90. The molecule has 1 atom stereocenters. The Kier molecular flexibility index (Phi) is 3.33. The number of anilines is 1. The Bertz CT molecular complexity index is 421. The molecule has 1 heterocycles. The first kappa shape index (κ1) is 11.9. The van der Waals surface area contributed by atoms with E-state index in [1.807, 2.05) is 0 Å². The maximum atomic E-state index is 12.9. The van der Waals surface area contributed by atoms with Crippen molar-refractivity contribution in [3.63, 3.8) is 0 Å². The minimum absolute atomic E-state index is 0.0710. The van der Waals surface area contributed by atoms with Crippen LogP contribution in [0.4, 0.5) is 18.9 Å². The number of hydrogen-bond acceptors (Lipinski definition) is 2. The van der Waals surface area contributed by atoms with E-state index in [9.17, 15) is 18.0 Å². The molecule has 0 spiro atoms. The molecule has 0 aliphatic carbocycles. The molecular weight excluding hydrogens is 233 g/mol. The molecule has 17 heavy (non-hydrogen) atoms. The third-order valence-electron chi connectivity index (χ3n) is 2.68. The van der Waals surface area contributed by atoms with Gasteiger partial charge in [-0.05, 0) is 13.0 Å². The molecule has 1 saturated heterocycles. The van der Waals surface area contributed by atoms with Crippen molar-refractivity contribution in [2.24, 2.45) is 5.92 Å². The van der Waals surface area contributed by atoms with E-state index in [1.54, 1.807) is 0 Å². The van der Waals surface area contributed by atoms with E-state index in [2.05, 4.69) is 10.6 Å². The number of rotatable bonds is 2. The van der Waals surface area contributed by atoms with Gasteiger partial charge in [0, 0.05) is 24.4 Å². The van der Waals surface area contributed by atoms with Crippen LogP contribution >= 0.6 is 0 Å². The largest absolute Gasteiger partial charge is 0.326 e. The van der Waals surface area contributed by atoms with Crippen molar-refractivity contribution in [2.75, 3.05) is 18.4 Å². The highest BCUT2D eigenvalue weighted by Crippen LogP contribution is 2.19. The summed E-state index contributed by atoms with van der Waals surface area (Å²) in [6.45, 7) is 1.28. The molecule has 2 N–H and O–H groups in total. The third kappa shape index (κ3) is 2.58. The Morgan fingerprint density at radius 2 is 1.94 bits per heavy atom. The lowest BCUT2D eigenvalue weighted by atomic mass is 10.1. The summed E-state index contributed by atoms with van der Waals surface area (Å²) in [5.74, 6) is -4.70. The van der Waals surface area contributed by atoms with E-state index < -0.39 is 17.5 Å². The van der Waals surface area contributed by atoms with Crippen LogP contribution in [0.3, 0.4) is 0 Å². The van der Waals surface area contributed by atoms with Gasteiger partial charge in [-0.25, -0.2) is 13.2 Å². The van der Waals surface area contributed by atoms with Crippen LogP contribution < -0.4 is 10.6 Å². The number of amides is 1. The number of carbonyl (C=O) groups is 1. The molecule has 1 aliphatic rings. The molecule has 2 rings (SSSR count). The van der Waals surface area contributed by atoms with Crippen molar-refractivity contribution >= 4 is 11.6 Å². The molecular formula is C11H11F3N2O. The molecule has 1 fully saturated rings. The first-order valence-corrected chi connectivity index (χ1v) is 5.24. The van der Waals surface area contributed by atoms with Gasteiger partial charge in [-0.2, -0.15) is 0 Å². The Balaban J connectivity index is 2.10. The Hall–Kier alpha value is -1.56. The Morgan fingerprint density at radius 3 is 2.47 bits per heavy atom. The minimum atomic E-state index is -1.54. The first-order chi connectivity index (χ1) is 8.08. The van der Waals surface area contributed by atoms with E-state index in [0.29, 0.717) is 13.0 Å². The number of benzene rings is 1. The molecule has 1 aromatic rings. The molecule has 92 valence electrons. The van der Waals surface area contributed by atoms with Crippen LogP contribution in [-0.2, 0) is 4.79 Å². The first-order valence-electron chi connectivity index (χ1n) is 5.24. The molecule has 1 amide bonds. The summed E-state index contributed by atoms with van der Waals surface area (Å²) in [6, 6.07) is 1.53. The average molecular weight is 244 g/mol.